The molecule has 0 aliphatic rings. The van der Waals surface area contributed by atoms with Crippen LogP contribution in [0.4, 0.5) is 9.52 Å². The summed E-state index contributed by atoms with van der Waals surface area (Å²) >= 11 is 1.47. The molecule has 0 unspecified atom stereocenters. The lowest BCUT2D eigenvalue weighted by atomic mass is 10.1. The molecule has 0 aliphatic carbocycles. The Morgan fingerprint density at radius 2 is 1.93 bits per heavy atom. The number of carbonyl (C=O) groups excluding carboxylic acids is 1. The van der Waals surface area contributed by atoms with Gasteiger partial charge in [0.2, 0.25) is 5.91 Å². The second kappa shape index (κ2) is 8.77. The molecule has 1 N–H and O–H groups in total. The van der Waals surface area contributed by atoms with Gasteiger partial charge in [-0.15, -0.1) is 11.3 Å². The Hall–Kier alpha value is -2.73. The maximum atomic E-state index is 12.9. The molecule has 0 atom stereocenters. The highest BCUT2D eigenvalue weighted by Crippen LogP contribution is 2.24. The van der Waals surface area contributed by atoms with E-state index in [1.54, 1.807) is 25.4 Å². The van der Waals surface area contributed by atoms with Gasteiger partial charge in [-0.2, -0.15) is 0 Å². The molecule has 27 heavy (non-hydrogen) atoms. The van der Waals surface area contributed by atoms with Crippen molar-refractivity contribution in [2.45, 2.75) is 26.2 Å². The van der Waals surface area contributed by atoms with E-state index >= 15 is 0 Å². The molecule has 0 fully saturated rings. The fraction of sp³-hybridized carbons (Fsp3) is 0.238. The number of ether oxygens (including phenoxy) is 1. The van der Waals surface area contributed by atoms with Crippen LogP contribution in [0.1, 0.15) is 28.0 Å². The largest absolute Gasteiger partial charge is 0.496 e. The monoisotopic (exact) mass is 384 g/mol. The third-order valence-electron chi connectivity index (χ3n) is 4.19. The lowest BCUT2D eigenvalue weighted by Crippen LogP contribution is -2.11. The second-order valence-corrected chi connectivity index (χ2v) is 7.40. The average molecular weight is 384 g/mol. The Balaban J connectivity index is 1.53. The molecule has 2 aromatic carbocycles. The molecule has 3 aromatic rings. The van der Waals surface area contributed by atoms with E-state index in [1.807, 2.05) is 19.1 Å². The highest BCUT2D eigenvalue weighted by Gasteiger charge is 2.09. The quantitative estimate of drug-likeness (QED) is 0.639. The predicted octanol–water partition coefficient (Wildman–Crippen LogP) is 4.76. The highest BCUT2D eigenvalue weighted by atomic mass is 32.1. The van der Waals surface area contributed by atoms with Crippen LogP contribution in [0.15, 0.2) is 48.7 Å². The molecule has 1 heterocycles. The van der Waals surface area contributed by atoms with Gasteiger partial charge in [0.25, 0.3) is 0 Å². The van der Waals surface area contributed by atoms with Crippen molar-refractivity contribution >= 4 is 22.4 Å². The molecule has 0 saturated carbocycles. The summed E-state index contributed by atoms with van der Waals surface area (Å²) in [6.45, 7) is 2.02. The van der Waals surface area contributed by atoms with Crippen LogP contribution in [-0.2, 0) is 17.6 Å². The maximum absolute atomic E-state index is 12.9. The zero-order valence-electron chi connectivity index (χ0n) is 15.3. The first-order chi connectivity index (χ1) is 13.0. The minimum absolute atomic E-state index is 0.0967. The standard InChI is InChI=1S/C21H21FN2O2S/c1-14-11-16(5-9-19(14)26-2)12-18-13-23-21(27-18)24-20(25)10-6-15-3-7-17(22)8-4-15/h3-5,7-9,11,13H,6,10,12H2,1-2H3,(H,23,24,25). The van der Waals surface area contributed by atoms with Crippen LogP contribution in [0.3, 0.4) is 0 Å². The number of benzene rings is 2. The van der Waals surface area contributed by atoms with E-state index in [-0.39, 0.29) is 11.7 Å². The van der Waals surface area contributed by atoms with Gasteiger partial charge in [0.15, 0.2) is 5.13 Å². The summed E-state index contributed by atoms with van der Waals surface area (Å²) in [5.74, 6) is 0.503. The number of anilines is 1. The van der Waals surface area contributed by atoms with Crippen LogP contribution in [0.25, 0.3) is 0 Å². The Morgan fingerprint density at radius 1 is 1.19 bits per heavy atom. The second-order valence-electron chi connectivity index (χ2n) is 6.29. The zero-order chi connectivity index (χ0) is 19.2. The Kier molecular flexibility index (Phi) is 6.19. The Bertz CT molecular complexity index is 922. The minimum Gasteiger partial charge on any atom is -0.496 e. The summed E-state index contributed by atoms with van der Waals surface area (Å²) in [4.78, 5) is 17.5. The highest BCUT2D eigenvalue weighted by molar-refractivity contribution is 7.15. The third kappa shape index (κ3) is 5.37. The first-order valence-electron chi connectivity index (χ1n) is 8.66. The summed E-state index contributed by atoms with van der Waals surface area (Å²) in [6, 6.07) is 12.3. The zero-order valence-corrected chi connectivity index (χ0v) is 16.1. The van der Waals surface area contributed by atoms with Gasteiger partial charge in [-0.1, -0.05) is 24.3 Å². The lowest BCUT2D eigenvalue weighted by Gasteiger charge is -2.06. The van der Waals surface area contributed by atoms with Gasteiger partial charge in [0.05, 0.1) is 7.11 Å². The van der Waals surface area contributed by atoms with E-state index in [2.05, 4.69) is 16.4 Å². The van der Waals surface area contributed by atoms with E-state index in [4.69, 9.17) is 4.74 Å². The molecule has 140 valence electrons. The van der Waals surface area contributed by atoms with Crippen LogP contribution in [0, 0.1) is 12.7 Å². The van der Waals surface area contributed by atoms with Crippen molar-refractivity contribution < 1.29 is 13.9 Å². The van der Waals surface area contributed by atoms with Crippen LogP contribution >= 0.6 is 11.3 Å². The molecule has 1 aromatic heterocycles. The number of methoxy groups -OCH3 is 1. The Labute approximate surface area is 162 Å². The third-order valence-corrected chi connectivity index (χ3v) is 5.10. The number of thiazole rings is 1. The van der Waals surface area contributed by atoms with Gasteiger partial charge in [-0.3, -0.25) is 4.79 Å². The summed E-state index contributed by atoms with van der Waals surface area (Å²) in [5.41, 5.74) is 3.20. The first-order valence-corrected chi connectivity index (χ1v) is 9.47. The van der Waals surface area contributed by atoms with Crippen molar-refractivity contribution in [1.82, 2.24) is 4.98 Å². The van der Waals surface area contributed by atoms with Gasteiger partial charge in [0, 0.05) is 23.9 Å². The molecule has 1 amide bonds. The molecule has 0 aliphatic heterocycles. The average Bonchev–Trinajstić information content (AvgIpc) is 3.08. The number of nitrogens with zero attached hydrogens (tertiary/aromatic N) is 1. The molecule has 0 bridgehead atoms. The number of carbonyl (C=O) groups is 1. The van der Waals surface area contributed by atoms with E-state index in [0.717, 1.165) is 28.2 Å². The van der Waals surface area contributed by atoms with E-state index in [1.165, 1.54) is 29.0 Å². The SMILES string of the molecule is COc1ccc(Cc2cnc(NC(=O)CCc3ccc(F)cc3)s2)cc1C. The molecule has 4 nitrogen and oxygen atoms in total. The fourth-order valence-electron chi connectivity index (χ4n) is 2.79. The molecule has 0 saturated heterocycles. The number of amides is 1. The van der Waals surface area contributed by atoms with Gasteiger partial charge in [-0.25, -0.2) is 9.37 Å². The van der Waals surface area contributed by atoms with Crippen LogP contribution in [0.2, 0.25) is 0 Å². The van der Waals surface area contributed by atoms with E-state index in [9.17, 15) is 9.18 Å². The van der Waals surface area contributed by atoms with Crippen molar-refractivity contribution in [3.63, 3.8) is 0 Å². The number of nitrogens with one attached hydrogen (secondary N) is 1. The van der Waals surface area contributed by atoms with Crippen LogP contribution in [0.5, 0.6) is 5.75 Å². The molecule has 6 heteroatoms. The van der Waals surface area contributed by atoms with Gasteiger partial charge in [-0.05, 0) is 48.2 Å². The van der Waals surface area contributed by atoms with Gasteiger partial charge < -0.3 is 10.1 Å². The van der Waals surface area contributed by atoms with Crippen molar-refractivity contribution in [2.75, 3.05) is 12.4 Å². The fourth-order valence-corrected chi connectivity index (χ4v) is 3.65. The molecule has 3 rings (SSSR count). The minimum atomic E-state index is -0.273. The van der Waals surface area contributed by atoms with E-state index < -0.39 is 0 Å². The number of aryl methyl sites for hydroxylation is 2. The number of hydrogen-bond acceptors (Lipinski definition) is 4. The van der Waals surface area contributed by atoms with Gasteiger partial charge >= 0.3 is 0 Å². The predicted molar refractivity (Wildman–Crippen MR) is 106 cm³/mol. The number of hydrogen-bond donors (Lipinski definition) is 1. The summed E-state index contributed by atoms with van der Waals surface area (Å²) in [7, 11) is 1.66. The van der Waals surface area contributed by atoms with Crippen LogP contribution in [-0.4, -0.2) is 18.0 Å². The smallest absolute Gasteiger partial charge is 0.226 e. The Morgan fingerprint density at radius 3 is 2.63 bits per heavy atom. The number of halogens is 1. The van der Waals surface area contributed by atoms with Gasteiger partial charge in [0.1, 0.15) is 11.6 Å². The normalized spacial score (nSPS) is 10.6. The maximum Gasteiger partial charge on any atom is 0.226 e. The van der Waals surface area contributed by atoms with Crippen LogP contribution < -0.4 is 10.1 Å². The molecular formula is C21H21FN2O2S. The van der Waals surface area contributed by atoms with Crippen molar-refractivity contribution in [2.24, 2.45) is 0 Å². The van der Waals surface area contributed by atoms with Crippen molar-refractivity contribution in [3.8, 4) is 5.75 Å². The topological polar surface area (TPSA) is 51.2 Å². The number of rotatable bonds is 7. The summed E-state index contributed by atoms with van der Waals surface area (Å²) in [5, 5.41) is 3.43. The first kappa shape index (κ1) is 19.0. The molecule has 0 spiro atoms. The van der Waals surface area contributed by atoms with E-state index in [0.29, 0.717) is 18.0 Å². The summed E-state index contributed by atoms with van der Waals surface area (Å²) < 4.78 is 18.2. The number of aromatic nitrogens is 1. The molecular weight excluding hydrogens is 363 g/mol. The van der Waals surface area contributed by atoms with Crippen molar-refractivity contribution in [1.29, 1.82) is 0 Å². The molecule has 0 radical (unpaired) electrons. The van der Waals surface area contributed by atoms with Crippen molar-refractivity contribution in [3.05, 3.63) is 76.0 Å². The lowest BCUT2D eigenvalue weighted by molar-refractivity contribution is -0.116. The summed E-state index contributed by atoms with van der Waals surface area (Å²) in [6.07, 6.45) is 3.45.